The Morgan fingerprint density at radius 1 is 1.29 bits per heavy atom. The number of sulfonamides is 1. The molecule has 1 aromatic rings. The fraction of sp³-hybridized carbons (Fsp3) is 0.588. The van der Waals surface area contributed by atoms with Crippen molar-refractivity contribution >= 4 is 26.9 Å². The second-order valence-electron chi connectivity index (χ2n) is 6.23. The molecule has 0 aliphatic carbocycles. The number of thioether (sulfide) groups is 1. The maximum atomic E-state index is 12.1. The first kappa shape index (κ1) is 19.4. The summed E-state index contributed by atoms with van der Waals surface area (Å²) in [6.45, 7) is 3.07. The molecule has 2 rings (SSSR count). The molecule has 0 radical (unpaired) electrons. The number of nitrogens with zero attached hydrogens (tertiary/aromatic N) is 1. The van der Waals surface area contributed by atoms with Crippen molar-refractivity contribution in [1.82, 2.24) is 4.31 Å². The highest BCUT2D eigenvalue weighted by molar-refractivity contribution is 8.13. The van der Waals surface area contributed by atoms with Gasteiger partial charge in [-0.15, -0.1) is 0 Å². The lowest BCUT2D eigenvalue weighted by Crippen LogP contribution is -2.48. The molecular formula is C17H25NO4S2. The van der Waals surface area contributed by atoms with Gasteiger partial charge in [0, 0.05) is 25.3 Å². The Hall–Kier alpha value is -0.890. The Morgan fingerprint density at radius 2 is 2.00 bits per heavy atom. The molecule has 7 heteroatoms. The van der Waals surface area contributed by atoms with Gasteiger partial charge in [-0.3, -0.25) is 4.79 Å². The molecule has 0 bridgehead atoms. The van der Waals surface area contributed by atoms with Crippen LogP contribution in [0.4, 0.5) is 0 Å². The zero-order valence-corrected chi connectivity index (χ0v) is 15.8. The highest BCUT2D eigenvalue weighted by Gasteiger charge is 2.34. The smallest absolute Gasteiger partial charge is 0.211 e. The van der Waals surface area contributed by atoms with Crippen molar-refractivity contribution in [2.24, 2.45) is 5.92 Å². The maximum Gasteiger partial charge on any atom is 0.211 e. The van der Waals surface area contributed by atoms with Crippen LogP contribution in [0, 0.1) is 5.92 Å². The highest BCUT2D eigenvalue weighted by Crippen LogP contribution is 2.27. The number of hydrogen-bond acceptors (Lipinski definition) is 5. The minimum Gasteiger partial charge on any atom is -0.376 e. The fourth-order valence-electron chi connectivity index (χ4n) is 2.91. The summed E-state index contributed by atoms with van der Waals surface area (Å²) in [5.74, 6) is 0.724. The number of benzene rings is 1. The first-order valence-corrected chi connectivity index (χ1v) is 10.9. The summed E-state index contributed by atoms with van der Waals surface area (Å²) in [4.78, 5) is 11.2. The molecule has 5 nitrogen and oxygen atoms in total. The Balaban J connectivity index is 1.87. The minimum atomic E-state index is -3.28. The van der Waals surface area contributed by atoms with Crippen LogP contribution >= 0.6 is 11.8 Å². The van der Waals surface area contributed by atoms with Gasteiger partial charge >= 0.3 is 0 Å². The van der Waals surface area contributed by atoms with Crippen molar-refractivity contribution in [2.45, 2.75) is 32.4 Å². The van der Waals surface area contributed by atoms with Crippen LogP contribution in [0.15, 0.2) is 30.3 Å². The summed E-state index contributed by atoms with van der Waals surface area (Å²) in [5, 5.41) is 0.0248. The van der Waals surface area contributed by atoms with Gasteiger partial charge in [-0.25, -0.2) is 8.42 Å². The number of hydrogen-bond donors (Lipinski definition) is 0. The van der Waals surface area contributed by atoms with Crippen molar-refractivity contribution in [1.29, 1.82) is 0 Å². The topological polar surface area (TPSA) is 63.7 Å². The molecule has 1 saturated heterocycles. The first-order chi connectivity index (χ1) is 11.4. The molecule has 1 aromatic carbocycles. The summed E-state index contributed by atoms with van der Waals surface area (Å²) in [6.07, 6.45) is 2.93. The molecule has 0 amide bonds. The van der Waals surface area contributed by atoms with Crippen molar-refractivity contribution < 1.29 is 17.9 Å². The van der Waals surface area contributed by atoms with Gasteiger partial charge in [0.2, 0.25) is 10.0 Å². The zero-order valence-electron chi connectivity index (χ0n) is 14.2. The molecule has 0 spiro atoms. The van der Waals surface area contributed by atoms with E-state index in [2.05, 4.69) is 0 Å². The molecule has 1 fully saturated rings. The molecule has 134 valence electrons. The van der Waals surface area contributed by atoms with Crippen LogP contribution in [0.25, 0.3) is 0 Å². The Bertz CT molecular complexity index is 633. The molecule has 1 heterocycles. The van der Waals surface area contributed by atoms with Gasteiger partial charge in [0.15, 0.2) is 5.12 Å². The van der Waals surface area contributed by atoms with Crippen molar-refractivity contribution in [3.8, 4) is 0 Å². The van der Waals surface area contributed by atoms with E-state index in [1.807, 2.05) is 30.3 Å². The zero-order chi connectivity index (χ0) is 17.6. The largest absolute Gasteiger partial charge is 0.376 e. The lowest BCUT2D eigenvalue weighted by Gasteiger charge is -2.37. The molecule has 2 unspecified atom stereocenters. The van der Waals surface area contributed by atoms with Gasteiger partial charge in [-0.1, -0.05) is 42.1 Å². The molecule has 2 atom stereocenters. The second kappa shape index (κ2) is 8.99. The third kappa shape index (κ3) is 6.20. The van der Waals surface area contributed by atoms with Crippen LogP contribution in [0.2, 0.25) is 0 Å². The van der Waals surface area contributed by atoms with Crippen LogP contribution in [0.3, 0.4) is 0 Å². The normalized spacial score (nSPS) is 22.4. The molecule has 1 aliphatic rings. The Labute approximate surface area is 148 Å². The maximum absolute atomic E-state index is 12.1. The molecule has 0 N–H and O–H groups in total. The monoisotopic (exact) mass is 371 g/mol. The summed E-state index contributed by atoms with van der Waals surface area (Å²) >= 11 is 1.20. The summed E-state index contributed by atoms with van der Waals surface area (Å²) in [6, 6.07) is 9.84. The van der Waals surface area contributed by atoms with Crippen LogP contribution < -0.4 is 0 Å². The lowest BCUT2D eigenvalue weighted by atomic mass is 9.96. The van der Waals surface area contributed by atoms with E-state index >= 15 is 0 Å². The van der Waals surface area contributed by atoms with Gasteiger partial charge in [0.1, 0.15) is 0 Å². The number of carbonyl (C=O) groups excluding carboxylic acids is 1. The van der Waals surface area contributed by atoms with Gasteiger partial charge < -0.3 is 4.74 Å². The van der Waals surface area contributed by atoms with E-state index in [9.17, 15) is 13.2 Å². The van der Waals surface area contributed by atoms with E-state index in [-0.39, 0.29) is 17.1 Å². The molecule has 0 aromatic heterocycles. The summed E-state index contributed by atoms with van der Waals surface area (Å²) in [7, 11) is -3.28. The SMILES string of the molecule is CC(=O)SCC1CCC(COCc2ccccc2)CN1S(C)(=O)=O. The third-order valence-electron chi connectivity index (χ3n) is 4.12. The predicted molar refractivity (Wildman–Crippen MR) is 97.3 cm³/mol. The minimum absolute atomic E-state index is 0.0248. The Kier molecular flexibility index (Phi) is 7.28. The van der Waals surface area contributed by atoms with E-state index in [0.717, 1.165) is 18.4 Å². The highest BCUT2D eigenvalue weighted by atomic mass is 32.2. The van der Waals surface area contributed by atoms with Gasteiger partial charge in [0.25, 0.3) is 0 Å². The standard InChI is InChI=1S/C17H25NO4S2/c1-14(19)23-13-17-9-8-16(10-18(17)24(2,20)21)12-22-11-15-6-4-3-5-7-15/h3-7,16-17H,8-13H2,1-2H3. The van der Waals surface area contributed by atoms with Crippen LogP contribution in [0.5, 0.6) is 0 Å². The van der Waals surface area contributed by atoms with Crippen molar-refractivity contribution in [3.63, 3.8) is 0 Å². The van der Waals surface area contributed by atoms with E-state index in [0.29, 0.717) is 25.5 Å². The number of ether oxygens (including phenoxy) is 1. The first-order valence-electron chi connectivity index (χ1n) is 8.08. The Morgan fingerprint density at radius 3 is 2.62 bits per heavy atom. The number of piperidine rings is 1. The molecule has 1 aliphatic heterocycles. The molecule has 0 saturated carbocycles. The van der Waals surface area contributed by atoms with Crippen LogP contribution in [-0.4, -0.2) is 49.0 Å². The molecule has 24 heavy (non-hydrogen) atoms. The average Bonchev–Trinajstić information content (AvgIpc) is 2.53. The van der Waals surface area contributed by atoms with Gasteiger partial charge in [-0.05, 0) is 24.3 Å². The van der Waals surface area contributed by atoms with E-state index in [4.69, 9.17) is 4.74 Å². The average molecular weight is 372 g/mol. The van der Waals surface area contributed by atoms with Gasteiger partial charge in [0.05, 0.1) is 19.5 Å². The predicted octanol–water partition coefficient (Wildman–Crippen LogP) is 2.52. The lowest BCUT2D eigenvalue weighted by molar-refractivity contribution is -0.109. The van der Waals surface area contributed by atoms with Gasteiger partial charge in [-0.2, -0.15) is 4.31 Å². The van der Waals surface area contributed by atoms with E-state index in [1.165, 1.54) is 24.9 Å². The van der Waals surface area contributed by atoms with E-state index in [1.54, 1.807) is 4.31 Å². The van der Waals surface area contributed by atoms with Crippen molar-refractivity contribution in [3.05, 3.63) is 35.9 Å². The third-order valence-corrected chi connectivity index (χ3v) is 6.38. The van der Waals surface area contributed by atoms with Crippen LogP contribution in [0.1, 0.15) is 25.3 Å². The summed E-state index contributed by atoms with van der Waals surface area (Å²) in [5.41, 5.74) is 1.11. The second-order valence-corrected chi connectivity index (χ2v) is 9.37. The molecular weight excluding hydrogens is 346 g/mol. The summed E-state index contributed by atoms with van der Waals surface area (Å²) < 4.78 is 31.5. The van der Waals surface area contributed by atoms with E-state index < -0.39 is 10.0 Å². The number of rotatable bonds is 7. The quantitative estimate of drug-likeness (QED) is 0.737. The van der Waals surface area contributed by atoms with Crippen molar-refractivity contribution in [2.75, 3.05) is 25.2 Å². The number of carbonyl (C=O) groups is 1. The van der Waals surface area contributed by atoms with Crippen LogP contribution in [-0.2, 0) is 26.2 Å². The fourth-order valence-corrected chi connectivity index (χ4v) is 4.98.